The molecule has 0 bridgehead atoms. The molecule has 5 nitrogen and oxygen atoms in total. The molecular weight excluding hydrogens is 368 g/mol. The SMILES string of the molecule is COc1cccc2c1C(C1=C(O)CC(C)(C)CC1=O)C1=C(CC(C)(C)CC1=O)O2. The second kappa shape index (κ2) is 6.48. The minimum absolute atomic E-state index is 0.0317. The Morgan fingerprint density at radius 3 is 2.21 bits per heavy atom. The zero-order chi connectivity index (χ0) is 21.1. The van der Waals surface area contributed by atoms with Gasteiger partial charge >= 0.3 is 0 Å². The highest BCUT2D eigenvalue weighted by atomic mass is 16.5. The van der Waals surface area contributed by atoms with Gasteiger partial charge in [0.05, 0.1) is 13.0 Å². The van der Waals surface area contributed by atoms with E-state index in [0.717, 1.165) is 0 Å². The van der Waals surface area contributed by atoms with Gasteiger partial charge in [-0.05, 0) is 23.0 Å². The number of rotatable bonds is 2. The van der Waals surface area contributed by atoms with Crippen LogP contribution in [0.25, 0.3) is 0 Å². The molecule has 4 rings (SSSR count). The lowest BCUT2D eigenvalue weighted by Gasteiger charge is -2.40. The van der Waals surface area contributed by atoms with Crippen LogP contribution >= 0.6 is 0 Å². The molecule has 3 aliphatic rings. The van der Waals surface area contributed by atoms with E-state index in [1.807, 2.05) is 39.8 Å². The standard InChI is InChI=1S/C24H28O5/c1-23(2)9-13(25)19(14(26)10-23)22-20-15(27)11-24(3,4)12-18(20)29-17-8-6-7-16(28-5)21(17)22/h6-8,22,25H,9-12H2,1-5H3. The summed E-state index contributed by atoms with van der Waals surface area (Å²) in [5, 5.41) is 10.9. The topological polar surface area (TPSA) is 72.8 Å². The molecule has 1 N–H and O–H groups in total. The molecule has 0 spiro atoms. The fourth-order valence-electron chi connectivity index (χ4n) is 4.96. The Labute approximate surface area is 171 Å². The molecule has 1 heterocycles. The highest BCUT2D eigenvalue weighted by Crippen LogP contribution is 2.54. The smallest absolute Gasteiger partial charge is 0.163 e. The number of carbonyl (C=O) groups excluding carboxylic acids is 2. The Morgan fingerprint density at radius 2 is 1.59 bits per heavy atom. The van der Waals surface area contributed by atoms with Gasteiger partial charge in [0.1, 0.15) is 23.0 Å². The number of ketones is 2. The van der Waals surface area contributed by atoms with Crippen LogP contribution in [0.4, 0.5) is 0 Å². The van der Waals surface area contributed by atoms with E-state index in [1.54, 1.807) is 13.2 Å². The number of Topliss-reactive ketones (excluding diaryl/α,β-unsaturated/α-hetero) is 2. The van der Waals surface area contributed by atoms with Gasteiger partial charge in [0.2, 0.25) is 0 Å². The van der Waals surface area contributed by atoms with Crippen molar-refractivity contribution in [3.63, 3.8) is 0 Å². The number of ether oxygens (including phenoxy) is 2. The van der Waals surface area contributed by atoms with E-state index in [1.165, 1.54) is 0 Å². The van der Waals surface area contributed by atoms with Crippen molar-refractivity contribution in [2.75, 3.05) is 7.11 Å². The van der Waals surface area contributed by atoms with Crippen molar-refractivity contribution in [1.29, 1.82) is 0 Å². The van der Waals surface area contributed by atoms with Crippen LogP contribution < -0.4 is 9.47 Å². The first-order valence-corrected chi connectivity index (χ1v) is 10.1. The maximum atomic E-state index is 13.3. The molecule has 0 aromatic heterocycles. The molecule has 1 aliphatic heterocycles. The number of methoxy groups -OCH3 is 1. The molecule has 5 heteroatoms. The van der Waals surface area contributed by atoms with Crippen molar-refractivity contribution in [2.45, 2.75) is 59.3 Å². The van der Waals surface area contributed by atoms with Gasteiger partial charge in [-0.25, -0.2) is 0 Å². The number of carbonyl (C=O) groups is 2. The maximum absolute atomic E-state index is 13.3. The highest BCUT2D eigenvalue weighted by Gasteiger charge is 2.47. The van der Waals surface area contributed by atoms with E-state index < -0.39 is 5.92 Å². The van der Waals surface area contributed by atoms with Gasteiger partial charge in [-0.3, -0.25) is 9.59 Å². The number of aliphatic hydroxyl groups is 1. The molecule has 0 fully saturated rings. The zero-order valence-corrected chi connectivity index (χ0v) is 17.7. The number of hydrogen-bond donors (Lipinski definition) is 1. The van der Waals surface area contributed by atoms with E-state index in [-0.39, 0.29) is 28.2 Å². The minimum Gasteiger partial charge on any atom is -0.512 e. The number of benzene rings is 1. The predicted molar refractivity (Wildman–Crippen MR) is 109 cm³/mol. The Bertz CT molecular complexity index is 977. The summed E-state index contributed by atoms with van der Waals surface area (Å²) in [5.74, 6) is 1.00. The van der Waals surface area contributed by atoms with E-state index in [2.05, 4.69) is 0 Å². The summed E-state index contributed by atoms with van der Waals surface area (Å²) in [6.07, 6.45) is 1.72. The quantitative estimate of drug-likeness (QED) is 0.760. The van der Waals surface area contributed by atoms with Gasteiger partial charge < -0.3 is 14.6 Å². The fourth-order valence-corrected chi connectivity index (χ4v) is 4.96. The van der Waals surface area contributed by atoms with Crippen LogP contribution in [0.15, 0.2) is 40.9 Å². The molecule has 0 saturated heterocycles. The summed E-state index contributed by atoms with van der Waals surface area (Å²) in [7, 11) is 1.56. The summed E-state index contributed by atoms with van der Waals surface area (Å²) in [4.78, 5) is 26.5. The molecular formula is C24H28O5. The van der Waals surface area contributed by atoms with Gasteiger partial charge in [0, 0.05) is 42.4 Å². The van der Waals surface area contributed by atoms with Crippen molar-refractivity contribution in [2.24, 2.45) is 10.8 Å². The van der Waals surface area contributed by atoms with Crippen LogP contribution in [0.5, 0.6) is 11.5 Å². The van der Waals surface area contributed by atoms with Crippen molar-refractivity contribution in [3.05, 3.63) is 46.4 Å². The third-order valence-electron chi connectivity index (χ3n) is 6.12. The molecule has 1 atom stereocenters. The van der Waals surface area contributed by atoms with E-state index >= 15 is 0 Å². The van der Waals surface area contributed by atoms with Gasteiger partial charge in [0.15, 0.2) is 11.6 Å². The third kappa shape index (κ3) is 3.26. The first kappa shape index (κ1) is 19.7. The molecule has 29 heavy (non-hydrogen) atoms. The molecule has 154 valence electrons. The zero-order valence-electron chi connectivity index (χ0n) is 17.7. The van der Waals surface area contributed by atoms with Gasteiger partial charge in [-0.2, -0.15) is 0 Å². The van der Waals surface area contributed by atoms with Crippen LogP contribution in [-0.4, -0.2) is 23.8 Å². The lowest BCUT2D eigenvalue weighted by molar-refractivity contribution is -0.119. The summed E-state index contributed by atoms with van der Waals surface area (Å²) in [5.41, 5.74) is 0.937. The third-order valence-corrected chi connectivity index (χ3v) is 6.12. The van der Waals surface area contributed by atoms with E-state index in [4.69, 9.17) is 9.47 Å². The summed E-state index contributed by atoms with van der Waals surface area (Å²) < 4.78 is 11.8. The largest absolute Gasteiger partial charge is 0.512 e. The number of fused-ring (bicyclic) bond motifs is 1. The lowest BCUT2D eigenvalue weighted by atomic mass is 9.66. The Morgan fingerprint density at radius 1 is 0.966 bits per heavy atom. The van der Waals surface area contributed by atoms with Gasteiger partial charge in [-0.15, -0.1) is 0 Å². The second-order valence-electron chi connectivity index (χ2n) is 9.99. The van der Waals surface area contributed by atoms with Crippen molar-refractivity contribution >= 4 is 11.6 Å². The Kier molecular flexibility index (Phi) is 4.41. The predicted octanol–water partition coefficient (Wildman–Crippen LogP) is 5.02. The molecule has 1 aromatic rings. The fraction of sp³-hybridized carbons (Fsp3) is 0.500. The minimum atomic E-state index is -0.655. The van der Waals surface area contributed by atoms with E-state index in [9.17, 15) is 14.7 Å². The average Bonchev–Trinajstić information content (AvgIpc) is 2.57. The first-order chi connectivity index (χ1) is 13.5. The van der Waals surface area contributed by atoms with Crippen LogP contribution in [0.3, 0.4) is 0 Å². The molecule has 0 saturated carbocycles. The maximum Gasteiger partial charge on any atom is 0.163 e. The van der Waals surface area contributed by atoms with E-state index in [0.29, 0.717) is 59.7 Å². The van der Waals surface area contributed by atoms with Crippen LogP contribution in [-0.2, 0) is 9.59 Å². The molecule has 0 radical (unpaired) electrons. The van der Waals surface area contributed by atoms with Crippen molar-refractivity contribution in [1.82, 2.24) is 0 Å². The molecule has 2 aliphatic carbocycles. The van der Waals surface area contributed by atoms with Crippen molar-refractivity contribution < 1.29 is 24.2 Å². The number of aliphatic hydroxyl groups excluding tert-OH is 1. The highest BCUT2D eigenvalue weighted by molar-refractivity contribution is 6.06. The Hall–Kier alpha value is -2.56. The average molecular weight is 396 g/mol. The van der Waals surface area contributed by atoms with Gasteiger partial charge in [-0.1, -0.05) is 33.8 Å². The lowest BCUT2D eigenvalue weighted by Crippen LogP contribution is -2.36. The summed E-state index contributed by atoms with van der Waals surface area (Å²) in [6.45, 7) is 8.02. The number of hydrogen-bond acceptors (Lipinski definition) is 5. The monoisotopic (exact) mass is 396 g/mol. The summed E-state index contributed by atoms with van der Waals surface area (Å²) >= 11 is 0. The van der Waals surface area contributed by atoms with Crippen molar-refractivity contribution in [3.8, 4) is 11.5 Å². The Balaban J connectivity index is 1.98. The van der Waals surface area contributed by atoms with Gasteiger partial charge in [0.25, 0.3) is 0 Å². The summed E-state index contributed by atoms with van der Waals surface area (Å²) in [6, 6.07) is 5.46. The molecule has 0 amide bonds. The molecule has 1 unspecified atom stereocenters. The van der Waals surface area contributed by atoms with Crippen LogP contribution in [0, 0.1) is 10.8 Å². The van der Waals surface area contributed by atoms with Crippen LogP contribution in [0.2, 0.25) is 0 Å². The molecule has 1 aromatic carbocycles. The number of allylic oxidation sites excluding steroid dienone is 4. The normalized spacial score (nSPS) is 25.3. The second-order valence-corrected chi connectivity index (χ2v) is 9.99. The van der Waals surface area contributed by atoms with Crippen LogP contribution in [0.1, 0.15) is 64.9 Å². The first-order valence-electron chi connectivity index (χ1n) is 10.1.